The normalized spacial score (nSPS) is 15.6. The highest BCUT2D eigenvalue weighted by Gasteiger charge is 2.36. The van der Waals surface area contributed by atoms with Gasteiger partial charge in [-0.25, -0.2) is 0 Å². The second kappa shape index (κ2) is 7.61. The summed E-state index contributed by atoms with van der Waals surface area (Å²) >= 11 is 5.99. The van der Waals surface area contributed by atoms with Crippen LogP contribution in [0.3, 0.4) is 0 Å². The van der Waals surface area contributed by atoms with Gasteiger partial charge in [0.25, 0.3) is 0 Å². The van der Waals surface area contributed by atoms with E-state index in [0.29, 0.717) is 5.56 Å². The van der Waals surface area contributed by atoms with Gasteiger partial charge in [0.15, 0.2) is 0 Å². The molecule has 0 radical (unpaired) electrons. The Morgan fingerprint density at radius 3 is 2.54 bits per heavy atom. The first-order valence-corrected chi connectivity index (χ1v) is 8.27. The molecule has 0 saturated heterocycles. The Morgan fingerprint density at radius 2 is 1.96 bits per heavy atom. The van der Waals surface area contributed by atoms with Gasteiger partial charge in [-0.2, -0.15) is 5.01 Å². The third-order valence-electron chi connectivity index (χ3n) is 3.66. The molecule has 1 amide bonds. The van der Waals surface area contributed by atoms with Gasteiger partial charge >= 0.3 is 11.7 Å². The van der Waals surface area contributed by atoms with Crippen LogP contribution in [-0.2, 0) is 14.3 Å². The summed E-state index contributed by atoms with van der Waals surface area (Å²) in [6.07, 6.45) is 2.12. The highest BCUT2D eigenvalue weighted by Crippen LogP contribution is 2.38. The monoisotopic (exact) mass is 404 g/mol. The Bertz CT molecular complexity index is 995. The summed E-state index contributed by atoms with van der Waals surface area (Å²) in [5.74, 6) is -1.74. The molecule has 0 aliphatic carbocycles. The minimum Gasteiger partial charge on any atom is -0.446 e. The number of carbonyl (C=O) groups excluding carboxylic acids is 2. The number of nitro groups is 1. The molecule has 0 fully saturated rings. The maximum absolute atomic E-state index is 12.0. The average Bonchev–Trinajstić information content (AvgIpc) is 3.08. The summed E-state index contributed by atoms with van der Waals surface area (Å²) in [4.78, 5) is 38.0. The van der Waals surface area contributed by atoms with Gasteiger partial charge in [0, 0.05) is 42.9 Å². The lowest BCUT2D eigenvalue weighted by atomic mass is 10.1. The lowest BCUT2D eigenvalue weighted by Gasteiger charge is -2.19. The molecule has 144 valence electrons. The second-order valence-electron chi connectivity index (χ2n) is 5.67. The number of nitrogens with zero attached hydrogens (tertiary/aromatic N) is 4. The molecule has 28 heavy (non-hydrogen) atoms. The first-order chi connectivity index (χ1) is 13.3. The lowest BCUT2D eigenvalue weighted by molar-refractivity contribution is -0.385. The molecule has 1 aliphatic heterocycles. The molecular weight excluding hydrogens is 392 g/mol. The largest absolute Gasteiger partial charge is 0.446 e. The fraction of sp³-hybridized carbons (Fsp3) is 0.176. The minimum atomic E-state index is -0.918. The van der Waals surface area contributed by atoms with Crippen molar-refractivity contribution in [3.8, 4) is 5.75 Å². The number of hydrazone groups is 1. The SMILES string of the molecule is CC(=O)Oc1c(C2=NN(C(C)=O)C(c3ccncc3)O2)cc(Cl)cc1[N+](=O)[O-]. The van der Waals surface area contributed by atoms with Gasteiger partial charge in [-0.05, 0) is 18.2 Å². The number of nitro benzene ring substituents is 1. The Labute approximate surface area is 163 Å². The number of hydrogen-bond donors (Lipinski definition) is 0. The number of ether oxygens (including phenoxy) is 2. The van der Waals surface area contributed by atoms with Crippen molar-refractivity contribution in [3.05, 3.63) is 62.9 Å². The number of rotatable bonds is 4. The lowest BCUT2D eigenvalue weighted by Crippen LogP contribution is -2.25. The number of hydrogen-bond acceptors (Lipinski definition) is 8. The predicted octanol–water partition coefficient (Wildman–Crippen LogP) is 2.81. The van der Waals surface area contributed by atoms with Crippen LogP contribution in [0.25, 0.3) is 0 Å². The van der Waals surface area contributed by atoms with Crippen LogP contribution in [0.4, 0.5) is 5.69 Å². The van der Waals surface area contributed by atoms with Crippen LogP contribution in [0.15, 0.2) is 41.8 Å². The smallest absolute Gasteiger partial charge is 0.314 e. The highest BCUT2D eigenvalue weighted by atomic mass is 35.5. The number of aromatic nitrogens is 1. The second-order valence-corrected chi connectivity index (χ2v) is 6.11. The molecule has 10 nitrogen and oxygen atoms in total. The number of amides is 1. The number of halogens is 1. The Hall–Kier alpha value is -3.53. The predicted molar refractivity (Wildman–Crippen MR) is 96.5 cm³/mol. The van der Waals surface area contributed by atoms with E-state index >= 15 is 0 Å². The third kappa shape index (κ3) is 3.76. The molecule has 0 N–H and O–H groups in total. The van der Waals surface area contributed by atoms with Crippen molar-refractivity contribution in [2.45, 2.75) is 20.1 Å². The highest BCUT2D eigenvalue weighted by molar-refractivity contribution is 6.31. The Kier molecular flexibility index (Phi) is 5.23. The molecule has 3 rings (SSSR count). The van der Waals surface area contributed by atoms with Gasteiger partial charge in [-0.1, -0.05) is 11.6 Å². The van der Waals surface area contributed by atoms with E-state index in [1.807, 2.05) is 0 Å². The molecule has 1 aromatic heterocycles. The Balaban J connectivity index is 2.12. The van der Waals surface area contributed by atoms with Crippen molar-refractivity contribution < 1.29 is 24.0 Å². The Morgan fingerprint density at radius 1 is 1.29 bits per heavy atom. The van der Waals surface area contributed by atoms with Crippen LogP contribution in [-0.4, -0.2) is 32.7 Å². The first kappa shape index (κ1) is 19.2. The molecule has 2 aromatic rings. The van der Waals surface area contributed by atoms with E-state index < -0.39 is 28.7 Å². The van der Waals surface area contributed by atoms with Crippen molar-refractivity contribution in [2.75, 3.05) is 0 Å². The van der Waals surface area contributed by atoms with Crippen molar-refractivity contribution in [1.82, 2.24) is 9.99 Å². The molecule has 1 aromatic carbocycles. The molecular formula is C17H13ClN4O6. The molecule has 1 unspecified atom stereocenters. The molecule has 2 heterocycles. The topological polar surface area (TPSA) is 124 Å². The van der Waals surface area contributed by atoms with Crippen molar-refractivity contribution in [3.63, 3.8) is 0 Å². The molecule has 0 saturated carbocycles. The summed E-state index contributed by atoms with van der Waals surface area (Å²) in [6, 6.07) is 5.61. The van der Waals surface area contributed by atoms with E-state index in [4.69, 9.17) is 21.1 Å². The van der Waals surface area contributed by atoms with Gasteiger partial charge in [-0.3, -0.25) is 24.7 Å². The van der Waals surface area contributed by atoms with E-state index in [1.165, 1.54) is 25.4 Å². The first-order valence-electron chi connectivity index (χ1n) is 7.89. The number of benzene rings is 1. The summed E-state index contributed by atoms with van der Waals surface area (Å²) < 4.78 is 10.8. The number of esters is 1. The molecule has 0 bridgehead atoms. The van der Waals surface area contributed by atoms with Crippen LogP contribution >= 0.6 is 11.6 Å². The summed E-state index contributed by atoms with van der Waals surface area (Å²) in [5, 5.41) is 16.6. The zero-order valence-corrected chi connectivity index (χ0v) is 15.4. The van der Waals surface area contributed by atoms with Crippen LogP contribution in [0.2, 0.25) is 5.02 Å². The third-order valence-corrected chi connectivity index (χ3v) is 3.88. The standard InChI is InChI=1S/C17H13ClN4O6/c1-9(23)21-17(11-3-5-19-6-4-11)28-16(20-21)13-7-12(18)8-14(22(25)26)15(13)27-10(2)24/h3-8,17H,1-2H3. The summed E-state index contributed by atoms with van der Waals surface area (Å²) in [5.41, 5.74) is 0.0115. The minimum absolute atomic E-state index is 0.00522. The maximum atomic E-state index is 12.0. The van der Waals surface area contributed by atoms with Crippen molar-refractivity contribution in [2.24, 2.45) is 5.10 Å². The van der Waals surface area contributed by atoms with Crippen molar-refractivity contribution in [1.29, 1.82) is 0 Å². The molecule has 0 spiro atoms. The number of carbonyl (C=O) groups is 2. The van der Waals surface area contributed by atoms with Crippen LogP contribution in [0, 0.1) is 10.1 Å². The van der Waals surface area contributed by atoms with Crippen LogP contribution < -0.4 is 4.74 Å². The van der Waals surface area contributed by atoms with Gasteiger partial charge < -0.3 is 9.47 Å². The maximum Gasteiger partial charge on any atom is 0.314 e. The number of pyridine rings is 1. The average molecular weight is 405 g/mol. The van der Waals surface area contributed by atoms with Crippen LogP contribution in [0.1, 0.15) is 31.2 Å². The fourth-order valence-corrected chi connectivity index (χ4v) is 2.76. The van der Waals surface area contributed by atoms with Gasteiger partial charge in [0.1, 0.15) is 0 Å². The molecule has 1 aliphatic rings. The van der Waals surface area contributed by atoms with Crippen molar-refractivity contribution >= 4 is 35.1 Å². The van der Waals surface area contributed by atoms with E-state index in [0.717, 1.165) is 18.0 Å². The fourth-order valence-electron chi connectivity index (χ4n) is 2.54. The molecule has 11 heteroatoms. The van der Waals surface area contributed by atoms with Gasteiger partial charge in [0.2, 0.25) is 23.8 Å². The van der Waals surface area contributed by atoms with E-state index in [1.54, 1.807) is 12.1 Å². The van der Waals surface area contributed by atoms with Gasteiger partial charge in [0.05, 0.1) is 10.5 Å². The quantitative estimate of drug-likeness (QED) is 0.332. The molecule has 1 atom stereocenters. The zero-order valence-electron chi connectivity index (χ0n) is 14.7. The van der Waals surface area contributed by atoms with E-state index in [9.17, 15) is 19.7 Å². The zero-order chi connectivity index (χ0) is 20.4. The van der Waals surface area contributed by atoms with E-state index in [-0.39, 0.29) is 22.2 Å². The summed E-state index contributed by atoms with van der Waals surface area (Å²) in [7, 11) is 0. The van der Waals surface area contributed by atoms with Gasteiger partial charge in [-0.15, -0.1) is 5.10 Å². The summed E-state index contributed by atoms with van der Waals surface area (Å²) in [6.45, 7) is 2.39. The van der Waals surface area contributed by atoms with E-state index in [2.05, 4.69) is 10.1 Å². The van der Waals surface area contributed by atoms with Crippen LogP contribution in [0.5, 0.6) is 5.75 Å².